The molecule has 8 heteroatoms. The highest BCUT2D eigenvalue weighted by Crippen LogP contribution is 2.56. The third kappa shape index (κ3) is 4.37. The van der Waals surface area contributed by atoms with Crippen molar-refractivity contribution in [2.75, 3.05) is 0 Å². The molecular formula is C28H32O8. The van der Waals surface area contributed by atoms with Crippen LogP contribution in [-0.4, -0.2) is 38.1 Å². The summed E-state index contributed by atoms with van der Waals surface area (Å²) in [6.45, 7) is 11.0. The van der Waals surface area contributed by atoms with E-state index in [1.165, 1.54) is 0 Å². The average molecular weight is 497 g/mol. The predicted octanol–water partition coefficient (Wildman–Crippen LogP) is 5.22. The summed E-state index contributed by atoms with van der Waals surface area (Å²) in [5.41, 5.74) is 1.63. The second kappa shape index (κ2) is 9.09. The van der Waals surface area contributed by atoms with Crippen molar-refractivity contribution in [1.82, 2.24) is 0 Å². The van der Waals surface area contributed by atoms with Crippen LogP contribution in [0.3, 0.4) is 0 Å². The van der Waals surface area contributed by atoms with Gasteiger partial charge in [-0.25, -0.2) is 4.79 Å². The van der Waals surface area contributed by atoms with E-state index < -0.39 is 23.4 Å². The first kappa shape index (κ1) is 25.4. The highest BCUT2D eigenvalue weighted by molar-refractivity contribution is 5.99. The van der Waals surface area contributed by atoms with E-state index in [1.807, 2.05) is 39.8 Å². The number of carbonyl (C=O) groups is 1. The van der Waals surface area contributed by atoms with Crippen molar-refractivity contribution in [2.24, 2.45) is 0 Å². The molecule has 2 aliphatic rings. The molecular weight excluding hydrogens is 464 g/mol. The zero-order chi connectivity index (χ0) is 26.5. The first-order valence-corrected chi connectivity index (χ1v) is 11.8. The van der Waals surface area contributed by atoms with Crippen molar-refractivity contribution in [3.05, 3.63) is 51.6 Å². The van der Waals surface area contributed by atoms with Gasteiger partial charge in [-0.2, -0.15) is 0 Å². The van der Waals surface area contributed by atoms with Crippen molar-refractivity contribution in [2.45, 2.75) is 72.5 Å². The van der Waals surface area contributed by atoms with Crippen LogP contribution in [0.5, 0.6) is 40.2 Å². The Morgan fingerprint density at radius 3 is 2.14 bits per heavy atom. The molecule has 192 valence electrons. The molecule has 2 heterocycles. The Bertz CT molecular complexity index is 1310. The summed E-state index contributed by atoms with van der Waals surface area (Å²) in [6, 6.07) is 1.08. The van der Waals surface area contributed by atoms with Crippen LogP contribution in [0.1, 0.15) is 68.6 Å². The van der Waals surface area contributed by atoms with Gasteiger partial charge in [0, 0.05) is 29.2 Å². The second-order valence-corrected chi connectivity index (χ2v) is 10.3. The maximum absolute atomic E-state index is 13.3. The molecule has 0 spiro atoms. The molecule has 36 heavy (non-hydrogen) atoms. The van der Waals surface area contributed by atoms with Gasteiger partial charge >= 0.3 is 5.97 Å². The van der Waals surface area contributed by atoms with Gasteiger partial charge in [0.05, 0.1) is 6.10 Å². The van der Waals surface area contributed by atoms with Crippen LogP contribution in [0.4, 0.5) is 0 Å². The fraction of sp³-hybridized carbons (Fsp3) is 0.393. The molecule has 0 saturated carbocycles. The molecule has 4 N–H and O–H groups in total. The summed E-state index contributed by atoms with van der Waals surface area (Å²) in [6.07, 6.45) is 3.28. The van der Waals surface area contributed by atoms with Crippen molar-refractivity contribution in [3.8, 4) is 40.2 Å². The number of aliphatic hydroxyl groups excluding tert-OH is 1. The number of hydrogen-bond acceptors (Lipinski definition) is 8. The molecule has 0 fully saturated rings. The Balaban J connectivity index is 2.03. The number of phenols is 3. The van der Waals surface area contributed by atoms with E-state index >= 15 is 0 Å². The molecule has 1 atom stereocenters. The van der Waals surface area contributed by atoms with Gasteiger partial charge in [0.25, 0.3) is 0 Å². The first-order chi connectivity index (χ1) is 16.8. The summed E-state index contributed by atoms with van der Waals surface area (Å²) >= 11 is 0. The SMILES string of the molecule is CC(C)=CCc1c(O)c2c(c3c1OC(=O)c1c(O)cc(O)c(CC=C(C)C)c1O3)CC(O)C(C)(C)O2. The molecule has 0 bridgehead atoms. The highest BCUT2D eigenvalue weighted by atomic mass is 16.6. The number of phenolic OH excluding ortho intramolecular Hbond substituents is 3. The molecule has 1 unspecified atom stereocenters. The van der Waals surface area contributed by atoms with Crippen LogP contribution in [0.15, 0.2) is 29.4 Å². The second-order valence-electron chi connectivity index (χ2n) is 10.3. The van der Waals surface area contributed by atoms with Crippen molar-refractivity contribution in [3.63, 3.8) is 0 Å². The normalized spacial score (nSPS) is 17.3. The van der Waals surface area contributed by atoms with Gasteiger partial charge < -0.3 is 34.6 Å². The minimum Gasteiger partial charge on any atom is -0.507 e. The molecule has 8 nitrogen and oxygen atoms in total. The summed E-state index contributed by atoms with van der Waals surface area (Å²) in [5.74, 6) is -1.68. The third-order valence-electron chi connectivity index (χ3n) is 6.47. The van der Waals surface area contributed by atoms with Gasteiger partial charge in [-0.15, -0.1) is 0 Å². The van der Waals surface area contributed by atoms with Gasteiger partial charge in [0.15, 0.2) is 28.7 Å². The molecule has 0 aliphatic carbocycles. The van der Waals surface area contributed by atoms with Crippen LogP contribution in [0, 0.1) is 0 Å². The van der Waals surface area contributed by atoms with E-state index in [4.69, 9.17) is 14.2 Å². The predicted molar refractivity (Wildman–Crippen MR) is 134 cm³/mol. The Labute approximate surface area is 210 Å². The zero-order valence-electron chi connectivity index (χ0n) is 21.4. The van der Waals surface area contributed by atoms with Crippen molar-refractivity contribution in [1.29, 1.82) is 0 Å². The zero-order valence-corrected chi connectivity index (χ0v) is 21.4. The number of ether oxygens (including phenoxy) is 3. The molecule has 0 radical (unpaired) electrons. The number of benzene rings is 2. The van der Waals surface area contributed by atoms with E-state index in [-0.39, 0.29) is 64.9 Å². The molecule has 2 aromatic carbocycles. The number of allylic oxidation sites excluding steroid dienone is 4. The van der Waals surface area contributed by atoms with E-state index in [1.54, 1.807) is 13.8 Å². The molecule has 4 rings (SSSR count). The Hall–Kier alpha value is -3.65. The molecule has 0 aromatic heterocycles. The average Bonchev–Trinajstić information content (AvgIpc) is 2.91. The smallest absolute Gasteiger partial charge is 0.351 e. The Morgan fingerprint density at radius 1 is 0.917 bits per heavy atom. The number of rotatable bonds is 4. The number of aromatic hydroxyl groups is 3. The van der Waals surface area contributed by atoms with Crippen LogP contribution in [-0.2, 0) is 19.3 Å². The van der Waals surface area contributed by atoms with E-state index in [0.717, 1.165) is 17.2 Å². The molecule has 2 aliphatic heterocycles. The fourth-order valence-corrected chi connectivity index (χ4v) is 4.27. The lowest BCUT2D eigenvalue weighted by atomic mass is 9.88. The van der Waals surface area contributed by atoms with Crippen molar-refractivity contribution >= 4 is 5.97 Å². The molecule has 0 saturated heterocycles. The largest absolute Gasteiger partial charge is 0.507 e. The minimum atomic E-state index is -0.989. The maximum Gasteiger partial charge on any atom is 0.351 e. The molecule has 2 aromatic rings. The van der Waals surface area contributed by atoms with Gasteiger partial charge in [-0.05, 0) is 54.4 Å². The monoisotopic (exact) mass is 496 g/mol. The number of carbonyl (C=O) groups excluding carboxylic acids is 1. The van der Waals surface area contributed by atoms with Crippen LogP contribution in [0.2, 0.25) is 0 Å². The van der Waals surface area contributed by atoms with E-state index in [2.05, 4.69) is 0 Å². The van der Waals surface area contributed by atoms with Gasteiger partial charge in [0.1, 0.15) is 22.7 Å². The molecule has 0 amide bonds. The fourth-order valence-electron chi connectivity index (χ4n) is 4.27. The minimum absolute atomic E-state index is 0.0208. The van der Waals surface area contributed by atoms with Gasteiger partial charge in [0.2, 0.25) is 0 Å². The van der Waals surface area contributed by atoms with Crippen LogP contribution in [0.25, 0.3) is 0 Å². The number of esters is 1. The lowest BCUT2D eigenvalue weighted by molar-refractivity contribution is -0.0431. The summed E-state index contributed by atoms with van der Waals surface area (Å²) in [5, 5.41) is 43.2. The van der Waals surface area contributed by atoms with Crippen molar-refractivity contribution < 1.29 is 39.4 Å². The quantitative estimate of drug-likeness (QED) is 0.258. The first-order valence-electron chi connectivity index (χ1n) is 11.8. The topological polar surface area (TPSA) is 126 Å². The summed E-state index contributed by atoms with van der Waals surface area (Å²) < 4.78 is 18.1. The third-order valence-corrected chi connectivity index (χ3v) is 6.47. The highest BCUT2D eigenvalue weighted by Gasteiger charge is 2.43. The van der Waals surface area contributed by atoms with Gasteiger partial charge in [-0.3, -0.25) is 0 Å². The Morgan fingerprint density at radius 2 is 1.53 bits per heavy atom. The Kier molecular flexibility index (Phi) is 6.43. The van der Waals surface area contributed by atoms with Crippen LogP contribution >= 0.6 is 0 Å². The van der Waals surface area contributed by atoms with E-state index in [9.17, 15) is 25.2 Å². The standard InChI is InChI=1S/C28H32O8/c1-13(2)7-9-15-18(29)12-19(30)21-23(15)34-26-17-11-20(31)28(5,6)36-24(17)22(32)16(10-8-14(3)4)25(26)35-27(21)33/h7-8,12,20,29-32H,9-11H2,1-6H3. The number of aliphatic hydroxyl groups is 1. The van der Waals surface area contributed by atoms with Gasteiger partial charge in [-0.1, -0.05) is 23.3 Å². The van der Waals surface area contributed by atoms with Crippen LogP contribution < -0.4 is 14.2 Å². The summed E-state index contributed by atoms with van der Waals surface area (Å²) in [4.78, 5) is 13.3. The number of hydrogen-bond donors (Lipinski definition) is 4. The maximum atomic E-state index is 13.3. The van der Waals surface area contributed by atoms with E-state index in [0.29, 0.717) is 11.1 Å². The summed E-state index contributed by atoms with van der Waals surface area (Å²) in [7, 11) is 0. The lowest BCUT2D eigenvalue weighted by Gasteiger charge is -2.38. The lowest BCUT2D eigenvalue weighted by Crippen LogP contribution is -2.46. The number of fused-ring (bicyclic) bond motifs is 4.